The van der Waals surface area contributed by atoms with Gasteiger partial charge in [-0.25, -0.2) is 0 Å². The zero-order chi connectivity index (χ0) is 12.3. The van der Waals surface area contributed by atoms with Crippen LogP contribution in [-0.4, -0.2) is 17.3 Å². The quantitative estimate of drug-likeness (QED) is 0.286. The first-order valence-corrected chi connectivity index (χ1v) is 5.20. The van der Waals surface area contributed by atoms with Crippen LogP contribution in [0.4, 0.5) is 11.4 Å². The van der Waals surface area contributed by atoms with Gasteiger partial charge in [0.15, 0.2) is 5.69 Å². The Morgan fingerprint density at radius 2 is 2.19 bits per heavy atom. The molecule has 7 heteroatoms. The predicted molar refractivity (Wildman–Crippen MR) is 60.7 cm³/mol. The van der Waals surface area contributed by atoms with Crippen molar-refractivity contribution >= 4 is 23.0 Å². The third-order valence-electron chi connectivity index (χ3n) is 2.17. The van der Waals surface area contributed by atoms with Crippen LogP contribution in [0.25, 0.3) is 0 Å². The summed E-state index contributed by atoms with van der Waals surface area (Å²) < 4.78 is 0.546. The third-order valence-corrected chi connectivity index (χ3v) is 2.36. The molecule has 0 saturated carbocycles. The van der Waals surface area contributed by atoms with Crippen LogP contribution in [0.1, 0.15) is 11.4 Å². The maximum absolute atomic E-state index is 11.5. The van der Waals surface area contributed by atoms with E-state index < -0.39 is 4.92 Å². The van der Waals surface area contributed by atoms with Gasteiger partial charge in [-0.05, 0) is 0 Å². The van der Waals surface area contributed by atoms with E-state index in [1.165, 1.54) is 13.0 Å². The van der Waals surface area contributed by atoms with E-state index in [9.17, 15) is 15.3 Å². The molecule has 0 amide bonds. The minimum Gasteiger partial charge on any atom is -0.618 e. The first kappa shape index (κ1) is 12.5. The fraction of sp³-hybridized carbons (Fsp3) is 0.444. The smallest absolute Gasteiger partial charge is 0.359 e. The molecule has 1 aromatic heterocycles. The zero-order valence-electron chi connectivity index (χ0n) is 8.99. The van der Waals surface area contributed by atoms with Crippen molar-refractivity contribution in [2.75, 3.05) is 17.7 Å². The Morgan fingerprint density at radius 3 is 2.69 bits per heavy atom. The fourth-order valence-electron chi connectivity index (χ4n) is 1.44. The van der Waals surface area contributed by atoms with Gasteiger partial charge >= 0.3 is 5.69 Å². The van der Waals surface area contributed by atoms with Crippen molar-refractivity contribution in [1.82, 2.24) is 0 Å². The van der Waals surface area contributed by atoms with Crippen LogP contribution in [-0.2, 0) is 0 Å². The van der Waals surface area contributed by atoms with Crippen molar-refractivity contribution in [1.29, 1.82) is 0 Å². The van der Waals surface area contributed by atoms with Crippen LogP contribution < -0.4 is 10.0 Å². The molecule has 1 rings (SSSR count). The zero-order valence-corrected chi connectivity index (χ0v) is 9.74. The molecule has 88 valence electrons. The highest BCUT2D eigenvalue weighted by molar-refractivity contribution is 6.18. The number of rotatable bonds is 4. The van der Waals surface area contributed by atoms with E-state index in [-0.39, 0.29) is 11.4 Å². The molecule has 16 heavy (non-hydrogen) atoms. The fourth-order valence-corrected chi connectivity index (χ4v) is 1.53. The Morgan fingerprint density at radius 1 is 1.56 bits per heavy atom. The molecule has 0 radical (unpaired) electrons. The van der Waals surface area contributed by atoms with Gasteiger partial charge < -0.3 is 10.5 Å². The average molecular weight is 246 g/mol. The number of alkyl halides is 1. The van der Waals surface area contributed by atoms with Gasteiger partial charge in [-0.1, -0.05) is 0 Å². The molecule has 0 saturated heterocycles. The number of nitro groups is 1. The lowest BCUT2D eigenvalue weighted by atomic mass is 10.2. The monoisotopic (exact) mass is 245 g/mol. The van der Waals surface area contributed by atoms with Crippen molar-refractivity contribution in [3.63, 3.8) is 0 Å². The molecule has 0 aliphatic carbocycles. The summed E-state index contributed by atoms with van der Waals surface area (Å²) in [4.78, 5) is 10.3. The number of nitrogens with one attached hydrogen (secondary N) is 1. The molecule has 1 heterocycles. The van der Waals surface area contributed by atoms with Gasteiger partial charge in [-0.3, -0.25) is 10.1 Å². The molecular weight excluding hydrogens is 234 g/mol. The highest BCUT2D eigenvalue weighted by atomic mass is 35.5. The van der Waals surface area contributed by atoms with E-state index in [4.69, 9.17) is 11.6 Å². The van der Waals surface area contributed by atoms with Crippen molar-refractivity contribution < 1.29 is 9.65 Å². The summed E-state index contributed by atoms with van der Waals surface area (Å²) in [5, 5.41) is 25.2. The second kappa shape index (κ2) is 4.98. The van der Waals surface area contributed by atoms with Gasteiger partial charge in [0.2, 0.25) is 0 Å². The van der Waals surface area contributed by atoms with E-state index in [0.717, 1.165) is 0 Å². The van der Waals surface area contributed by atoms with E-state index in [1.807, 2.05) is 0 Å². The summed E-state index contributed by atoms with van der Waals surface area (Å²) in [7, 11) is 0. The number of hydrogen-bond acceptors (Lipinski definition) is 4. The molecular formula is C9H12ClN3O3. The average Bonchev–Trinajstić information content (AvgIpc) is 2.22. The normalized spacial score (nSPS) is 10.2. The largest absolute Gasteiger partial charge is 0.618 e. The van der Waals surface area contributed by atoms with E-state index in [0.29, 0.717) is 28.5 Å². The van der Waals surface area contributed by atoms with Crippen molar-refractivity contribution in [3.8, 4) is 0 Å². The topological polar surface area (TPSA) is 82.1 Å². The SMILES string of the molecule is Cc1cc(NCCCl)c([N+](=O)[O-])c(C)[n+]1[O-]. The Kier molecular flexibility index (Phi) is 3.89. The highest BCUT2D eigenvalue weighted by Crippen LogP contribution is 2.26. The number of hydrogen-bond donors (Lipinski definition) is 1. The van der Waals surface area contributed by atoms with E-state index >= 15 is 0 Å². The first-order valence-electron chi connectivity index (χ1n) is 4.67. The van der Waals surface area contributed by atoms with Gasteiger partial charge in [-0.2, -0.15) is 4.73 Å². The second-order valence-electron chi connectivity index (χ2n) is 3.30. The summed E-state index contributed by atoms with van der Waals surface area (Å²) in [6.07, 6.45) is 0. The Balaban J connectivity index is 3.29. The summed E-state index contributed by atoms with van der Waals surface area (Å²) in [6.45, 7) is 3.42. The van der Waals surface area contributed by atoms with Crippen LogP contribution in [0.5, 0.6) is 0 Å². The molecule has 1 N–H and O–H groups in total. The summed E-state index contributed by atoms with van der Waals surface area (Å²) in [5.74, 6) is 0.335. The van der Waals surface area contributed by atoms with E-state index in [2.05, 4.69) is 5.32 Å². The molecule has 1 aromatic rings. The molecule has 0 aromatic carbocycles. The van der Waals surface area contributed by atoms with Crippen molar-refractivity contribution in [2.24, 2.45) is 0 Å². The molecule has 0 atom stereocenters. The van der Waals surface area contributed by atoms with E-state index in [1.54, 1.807) is 6.92 Å². The number of nitrogens with zero attached hydrogens (tertiary/aromatic N) is 2. The highest BCUT2D eigenvalue weighted by Gasteiger charge is 2.26. The molecule has 0 fully saturated rings. The number of aromatic nitrogens is 1. The maximum atomic E-state index is 11.5. The van der Waals surface area contributed by atoms with Crippen molar-refractivity contribution in [2.45, 2.75) is 13.8 Å². The summed E-state index contributed by atoms with van der Waals surface area (Å²) in [6, 6.07) is 1.45. The molecule has 0 spiro atoms. The van der Waals surface area contributed by atoms with Gasteiger partial charge in [0.1, 0.15) is 5.69 Å². The standard InChI is InChI=1S/C9H12ClN3O3/c1-6-5-8(11-4-3-10)9(13(15)16)7(2)12(6)14/h5,11H,3-4H2,1-2H3. The Bertz CT molecular complexity index is 423. The van der Waals surface area contributed by atoms with Crippen molar-refractivity contribution in [3.05, 3.63) is 32.8 Å². The van der Waals surface area contributed by atoms with Gasteiger partial charge in [-0.15, -0.1) is 11.6 Å². The molecule has 0 bridgehead atoms. The van der Waals surface area contributed by atoms with Crippen LogP contribution in [0.3, 0.4) is 0 Å². The van der Waals surface area contributed by atoms with Crippen LogP contribution in [0, 0.1) is 29.2 Å². The maximum Gasteiger partial charge on any atom is 0.359 e. The van der Waals surface area contributed by atoms with Gasteiger partial charge in [0.25, 0.3) is 5.69 Å². The Hall–Kier alpha value is -1.56. The number of pyridine rings is 1. The lowest BCUT2D eigenvalue weighted by Crippen LogP contribution is -2.34. The molecule has 0 aliphatic rings. The third kappa shape index (κ3) is 2.33. The number of anilines is 1. The minimum atomic E-state index is -0.570. The number of halogens is 1. The number of aryl methyl sites for hydroxylation is 1. The van der Waals surface area contributed by atoms with Crippen LogP contribution in [0.15, 0.2) is 6.07 Å². The van der Waals surface area contributed by atoms with Gasteiger partial charge in [0.05, 0.1) is 4.92 Å². The van der Waals surface area contributed by atoms with Crippen LogP contribution >= 0.6 is 11.6 Å². The predicted octanol–water partition coefficient (Wildman–Crippen LogP) is 1.50. The lowest BCUT2D eigenvalue weighted by Gasteiger charge is -2.09. The van der Waals surface area contributed by atoms with Crippen LogP contribution in [0.2, 0.25) is 0 Å². The molecule has 0 unspecified atom stereocenters. The molecule has 6 nitrogen and oxygen atoms in total. The minimum absolute atomic E-state index is 0.0714. The first-order chi connectivity index (χ1) is 7.49. The summed E-state index contributed by atoms with van der Waals surface area (Å²) >= 11 is 5.49. The molecule has 0 aliphatic heterocycles. The second-order valence-corrected chi connectivity index (χ2v) is 3.68. The Labute approximate surface area is 97.6 Å². The lowest BCUT2D eigenvalue weighted by molar-refractivity contribution is -0.623. The van der Waals surface area contributed by atoms with Gasteiger partial charge in [0, 0.05) is 32.3 Å². The summed E-state index contributed by atoms with van der Waals surface area (Å²) in [5.41, 5.74) is 0.598.